The number of fused-ring (bicyclic) bond motifs is 6. The van der Waals surface area contributed by atoms with Crippen molar-refractivity contribution in [2.24, 2.45) is 4.99 Å². The lowest BCUT2D eigenvalue weighted by molar-refractivity contribution is 0.0726. The number of hydrogen-bond donors (Lipinski definition) is 1. The molecule has 6 rings (SSSR count). The highest BCUT2D eigenvalue weighted by atomic mass is 16.5. The fourth-order valence-corrected chi connectivity index (χ4v) is 5.21. The smallest absolute Gasteiger partial charge is 0.216 e. The molecule has 0 amide bonds. The van der Waals surface area contributed by atoms with Crippen molar-refractivity contribution in [3.05, 3.63) is 24.3 Å². The van der Waals surface area contributed by atoms with Crippen LogP contribution in [0.25, 0.3) is 11.0 Å². The lowest BCUT2D eigenvalue weighted by Gasteiger charge is -2.46. The van der Waals surface area contributed by atoms with E-state index in [0.29, 0.717) is 6.10 Å². The lowest BCUT2D eigenvalue weighted by atomic mass is 10.1. The van der Waals surface area contributed by atoms with E-state index in [2.05, 4.69) is 43.9 Å². The average Bonchev–Trinajstić information content (AvgIpc) is 3.42. The molecular weight excluding hydrogens is 340 g/mol. The van der Waals surface area contributed by atoms with Crippen LogP contribution in [0.4, 0.5) is 5.95 Å². The topological polar surface area (TPSA) is 57.9 Å². The summed E-state index contributed by atoms with van der Waals surface area (Å²) in [7, 11) is 0. The number of benzene rings is 1. The lowest BCUT2D eigenvalue weighted by Crippen LogP contribution is -2.63. The Labute approximate surface area is 159 Å². The number of nitrogens with zero attached hydrogens (tertiary/aromatic N) is 5. The third-order valence-electron chi connectivity index (χ3n) is 6.49. The van der Waals surface area contributed by atoms with Gasteiger partial charge in [0.05, 0.1) is 30.5 Å². The number of ether oxygens (including phenoxy) is 1. The van der Waals surface area contributed by atoms with E-state index in [4.69, 9.17) is 14.7 Å². The molecule has 0 bridgehead atoms. The van der Waals surface area contributed by atoms with Crippen LogP contribution < -0.4 is 10.2 Å². The molecular formula is C20H26N6O. The number of rotatable bonds is 2. The second-order valence-electron chi connectivity index (χ2n) is 8.28. The van der Waals surface area contributed by atoms with Gasteiger partial charge in [-0.05, 0) is 50.7 Å². The summed E-state index contributed by atoms with van der Waals surface area (Å²) in [5.41, 5.74) is 2.22. The molecule has 1 spiro atoms. The van der Waals surface area contributed by atoms with Crippen molar-refractivity contribution in [1.82, 2.24) is 19.8 Å². The molecule has 1 saturated heterocycles. The molecule has 4 heterocycles. The van der Waals surface area contributed by atoms with Gasteiger partial charge in [0.15, 0.2) is 0 Å². The highest BCUT2D eigenvalue weighted by molar-refractivity contribution is 5.99. The molecule has 1 atom stereocenters. The number of guanidine groups is 1. The second kappa shape index (κ2) is 5.94. The summed E-state index contributed by atoms with van der Waals surface area (Å²) < 4.78 is 8.29. The van der Waals surface area contributed by atoms with Gasteiger partial charge in [-0.2, -0.15) is 0 Å². The van der Waals surface area contributed by atoms with E-state index in [1.807, 2.05) is 0 Å². The molecule has 4 aliphatic rings. The molecule has 0 unspecified atom stereocenters. The maximum absolute atomic E-state index is 5.84. The van der Waals surface area contributed by atoms with E-state index in [0.717, 1.165) is 63.2 Å². The van der Waals surface area contributed by atoms with Gasteiger partial charge in [0, 0.05) is 13.2 Å². The number of anilines is 1. The summed E-state index contributed by atoms with van der Waals surface area (Å²) in [5.74, 6) is 2.02. The minimum absolute atomic E-state index is 0.0719. The van der Waals surface area contributed by atoms with Crippen molar-refractivity contribution in [3.8, 4) is 0 Å². The molecule has 1 aliphatic carbocycles. The van der Waals surface area contributed by atoms with Gasteiger partial charge in [0.1, 0.15) is 5.66 Å². The second-order valence-corrected chi connectivity index (χ2v) is 8.28. The van der Waals surface area contributed by atoms with Crippen molar-refractivity contribution in [3.63, 3.8) is 0 Å². The van der Waals surface area contributed by atoms with Crippen LogP contribution in [0.5, 0.6) is 0 Å². The molecule has 7 heteroatoms. The van der Waals surface area contributed by atoms with E-state index in [9.17, 15) is 0 Å². The number of aromatic nitrogens is 2. The first-order valence-electron chi connectivity index (χ1n) is 10.2. The maximum Gasteiger partial charge on any atom is 0.216 e. The maximum atomic E-state index is 5.84. The Hall–Kier alpha value is -2.12. The van der Waals surface area contributed by atoms with Gasteiger partial charge in [-0.25, -0.2) is 9.98 Å². The molecule has 1 N–H and O–H groups in total. The number of para-hydroxylation sites is 2. The van der Waals surface area contributed by atoms with E-state index in [-0.39, 0.29) is 5.66 Å². The Morgan fingerprint density at radius 2 is 2.07 bits per heavy atom. The molecule has 1 saturated carbocycles. The SMILES string of the molecule is c1ccc2c(c1)nc1n2C2(CCCC2)NC2=NCN(C[C@H]3CCCO3)CN21. The van der Waals surface area contributed by atoms with Gasteiger partial charge in [-0.1, -0.05) is 12.1 Å². The van der Waals surface area contributed by atoms with Crippen molar-refractivity contribution < 1.29 is 4.74 Å². The quantitative estimate of drug-likeness (QED) is 0.885. The third kappa shape index (κ3) is 2.41. The van der Waals surface area contributed by atoms with Crippen molar-refractivity contribution >= 4 is 22.9 Å². The molecule has 7 nitrogen and oxygen atoms in total. The number of imidazole rings is 1. The Balaban J connectivity index is 1.41. The zero-order chi connectivity index (χ0) is 17.8. The van der Waals surface area contributed by atoms with Crippen LogP contribution in [-0.2, 0) is 10.4 Å². The average molecular weight is 366 g/mol. The molecule has 27 heavy (non-hydrogen) atoms. The highest BCUT2D eigenvalue weighted by Crippen LogP contribution is 2.43. The molecule has 1 aromatic heterocycles. The molecule has 0 radical (unpaired) electrons. The largest absolute Gasteiger partial charge is 0.377 e. The van der Waals surface area contributed by atoms with Gasteiger partial charge < -0.3 is 10.1 Å². The standard InChI is InChI=1S/C20H26N6O/c1-2-8-17-16(7-1)22-19-25-14-24(12-15-6-5-11-27-15)13-21-18(25)23-20(26(17)19)9-3-4-10-20/h1-2,7-8,15H,3-6,9-14H2,(H,21,23)/t15-/m1/s1. The zero-order valence-electron chi connectivity index (χ0n) is 15.6. The molecule has 2 fully saturated rings. The number of nitrogens with one attached hydrogen (secondary N) is 1. The minimum atomic E-state index is -0.0719. The van der Waals surface area contributed by atoms with Crippen LogP contribution in [0, 0.1) is 0 Å². The molecule has 1 aromatic carbocycles. The number of aliphatic imine (C=N–C) groups is 1. The summed E-state index contributed by atoms with van der Waals surface area (Å²) >= 11 is 0. The summed E-state index contributed by atoms with van der Waals surface area (Å²) in [4.78, 5) is 14.6. The van der Waals surface area contributed by atoms with E-state index < -0.39 is 0 Å². The Morgan fingerprint density at radius 3 is 2.93 bits per heavy atom. The van der Waals surface area contributed by atoms with Gasteiger partial charge in [-0.3, -0.25) is 14.4 Å². The Kier molecular flexibility index (Phi) is 3.50. The van der Waals surface area contributed by atoms with Crippen LogP contribution in [-0.4, -0.2) is 53.0 Å². The van der Waals surface area contributed by atoms with Crippen LogP contribution in [0.15, 0.2) is 29.3 Å². The first-order chi connectivity index (χ1) is 13.3. The van der Waals surface area contributed by atoms with Gasteiger partial charge in [0.25, 0.3) is 0 Å². The highest BCUT2D eigenvalue weighted by Gasteiger charge is 2.46. The van der Waals surface area contributed by atoms with E-state index in [1.165, 1.54) is 24.8 Å². The molecule has 142 valence electrons. The van der Waals surface area contributed by atoms with E-state index in [1.54, 1.807) is 0 Å². The zero-order valence-corrected chi connectivity index (χ0v) is 15.6. The van der Waals surface area contributed by atoms with Crippen molar-refractivity contribution in [2.75, 3.05) is 31.4 Å². The first-order valence-corrected chi connectivity index (χ1v) is 10.2. The van der Waals surface area contributed by atoms with Gasteiger partial charge in [0.2, 0.25) is 11.9 Å². The van der Waals surface area contributed by atoms with Crippen molar-refractivity contribution in [2.45, 2.75) is 50.3 Å². The predicted molar refractivity (Wildman–Crippen MR) is 105 cm³/mol. The van der Waals surface area contributed by atoms with Crippen LogP contribution >= 0.6 is 0 Å². The Bertz CT molecular complexity index is 893. The minimum Gasteiger partial charge on any atom is -0.377 e. The first kappa shape index (κ1) is 15.9. The van der Waals surface area contributed by atoms with E-state index >= 15 is 0 Å². The third-order valence-corrected chi connectivity index (χ3v) is 6.49. The fourth-order valence-electron chi connectivity index (χ4n) is 5.21. The van der Waals surface area contributed by atoms with Crippen LogP contribution in [0.1, 0.15) is 38.5 Å². The van der Waals surface area contributed by atoms with Gasteiger partial charge in [-0.15, -0.1) is 0 Å². The normalized spacial score (nSPS) is 26.9. The Morgan fingerprint density at radius 1 is 1.19 bits per heavy atom. The molecule has 3 aliphatic heterocycles. The summed E-state index contributed by atoms with van der Waals surface area (Å²) in [5, 5.41) is 3.82. The summed E-state index contributed by atoms with van der Waals surface area (Å²) in [6, 6.07) is 8.51. The van der Waals surface area contributed by atoms with Crippen LogP contribution in [0.2, 0.25) is 0 Å². The number of hydrogen-bond acceptors (Lipinski definition) is 6. The fraction of sp³-hybridized carbons (Fsp3) is 0.600. The monoisotopic (exact) mass is 366 g/mol. The van der Waals surface area contributed by atoms with Crippen LogP contribution in [0.3, 0.4) is 0 Å². The summed E-state index contributed by atoms with van der Waals surface area (Å²) in [6.45, 7) is 3.38. The molecule has 2 aromatic rings. The van der Waals surface area contributed by atoms with Gasteiger partial charge >= 0.3 is 0 Å². The van der Waals surface area contributed by atoms with Crippen molar-refractivity contribution in [1.29, 1.82) is 0 Å². The summed E-state index contributed by atoms with van der Waals surface area (Å²) in [6.07, 6.45) is 7.44. The predicted octanol–water partition coefficient (Wildman–Crippen LogP) is 2.44.